The molecule has 2 rings (SSSR count). The Morgan fingerprint density at radius 2 is 1.93 bits per heavy atom. The van der Waals surface area contributed by atoms with Crippen molar-refractivity contribution in [1.82, 2.24) is 9.78 Å². The highest BCUT2D eigenvalue weighted by Crippen LogP contribution is 2.33. The zero-order valence-corrected chi connectivity index (χ0v) is 17.8. The Kier molecular flexibility index (Phi) is 6.95. The predicted octanol–water partition coefficient (Wildman–Crippen LogP) is 3.67. The molecule has 0 saturated heterocycles. The van der Waals surface area contributed by atoms with E-state index in [1.807, 2.05) is 20.8 Å². The van der Waals surface area contributed by atoms with E-state index in [1.165, 1.54) is 25.2 Å². The first-order valence-electron chi connectivity index (χ1n) is 9.08. The first kappa shape index (κ1) is 21.6. The van der Waals surface area contributed by atoms with Crippen molar-refractivity contribution < 1.29 is 19.1 Å². The van der Waals surface area contributed by atoms with Crippen LogP contribution < -0.4 is 10.6 Å². The van der Waals surface area contributed by atoms with Crippen molar-refractivity contribution in [2.24, 2.45) is 0 Å². The van der Waals surface area contributed by atoms with Gasteiger partial charge in [0.1, 0.15) is 10.8 Å². The van der Waals surface area contributed by atoms with Gasteiger partial charge in [-0.1, -0.05) is 6.92 Å². The van der Waals surface area contributed by atoms with Crippen LogP contribution in [0.3, 0.4) is 0 Å². The van der Waals surface area contributed by atoms with Crippen LogP contribution >= 0.6 is 11.3 Å². The maximum absolute atomic E-state index is 12.7. The Balaban J connectivity index is 2.12. The largest absolute Gasteiger partial charge is 0.449 e. The van der Waals surface area contributed by atoms with Crippen molar-refractivity contribution in [2.45, 2.75) is 60.1 Å². The van der Waals surface area contributed by atoms with Crippen LogP contribution in [0.1, 0.15) is 61.0 Å². The molecule has 2 amide bonds. The number of nitrogens with zero attached hydrogens (tertiary/aromatic N) is 2. The second-order valence-electron chi connectivity index (χ2n) is 6.62. The summed E-state index contributed by atoms with van der Waals surface area (Å²) in [5.41, 5.74) is 1.00. The molecule has 9 heteroatoms. The number of carbonyl (C=O) groups is 3. The number of carbonyl (C=O) groups excluding carboxylic acids is 3. The number of aryl methyl sites for hydroxylation is 1. The fourth-order valence-corrected chi connectivity index (χ4v) is 3.65. The lowest BCUT2D eigenvalue weighted by atomic mass is 10.1. The summed E-state index contributed by atoms with van der Waals surface area (Å²) < 4.78 is 7.08. The van der Waals surface area contributed by atoms with Crippen molar-refractivity contribution in [2.75, 3.05) is 10.6 Å². The third-order valence-electron chi connectivity index (χ3n) is 4.46. The number of hydrogen-bond acceptors (Lipinski definition) is 6. The molecular weight excluding hydrogens is 380 g/mol. The van der Waals surface area contributed by atoms with E-state index in [2.05, 4.69) is 15.7 Å². The standard InChI is InChI=1S/C19H26N4O4S/c1-7-10(2)23-15(8-9-20-23)22-17(25)12(4)27-19(26)16-11(3)13(5)28-18(16)21-14(6)24/h8-10,12H,7H2,1-6H3,(H,21,24)(H,22,25)/t10-,12+/m1/s1. The minimum absolute atomic E-state index is 0.125. The fraction of sp³-hybridized carbons (Fsp3) is 0.474. The highest BCUT2D eigenvalue weighted by molar-refractivity contribution is 7.16. The van der Waals surface area contributed by atoms with Crippen LogP contribution in [0.2, 0.25) is 0 Å². The van der Waals surface area contributed by atoms with Crippen LogP contribution in [-0.2, 0) is 14.3 Å². The molecule has 2 aromatic heterocycles. The SMILES string of the molecule is CC[C@@H](C)n1nccc1NC(=O)[C@H](C)OC(=O)c1c(NC(C)=O)sc(C)c1C. The average Bonchev–Trinajstić information content (AvgIpc) is 3.18. The lowest BCUT2D eigenvalue weighted by molar-refractivity contribution is -0.123. The normalized spacial score (nSPS) is 12.9. The van der Waals surface area contributed by atoms with Gasteiger partial charge in [0.25, 0.3) is 5.91 Å². The Morgan fingerprint density at radius 1 is 1.25 bits per heavy atom. The average molecular weight is 407 g/mol. The number of aromatic nitrogens is 2. The number of esters is 1. The monoisotopic (exact) mass is 406 g/mol. The molecule has 0 unspecified atom stereocenters. The summed E-state index contributed by atoms with van der Waals surface area (Å²) >= 11 is 1.30. The third kappa shape index (κ3) is 4.78. The van der Waals surface area contributed by atoms with Crippen molar-refractivity contribution in [3.05, 3.63) is 28.3 Å². The summed E-state index contributed by atoms with van der Waals surface area (Å²) in [5.74, 6) is -0.837. The molecule has 0 radical (unpaired) electrons. The van der Waals surface area contributed by atoms with Crippen molar-refractivity contribution in [3.8, 4) is 0 Å². The minimum atomic E-state index is -1.02. The molecule has 0 bridgehead atoms. The first-order chi connectivity index (χ1) is 13.1. The molecule has 8 nitrogen and oxygen atoms in total. The molecule has 2 atom stereocenters. The van der Waals surface area contributed by atoms with Gasteiger partial charge >= 0.3 is 5.97 Å². The van der Waals surface area contributed by atoms with Gasteiger partial charge in [0.05, 0.1) is 17.8 Å². The molecule has 0 aliphatic rings. The third-order valence-corrected chi connectivity index (χ3v) is 5.58. The Morgan fingerprint density at radius 3 is 2.54 bits per heavy atom. The van der Waals surface area contributed by atoms with Gasteiger partial charge in [-0.15, -0.1) is 11.3 Å². The lowest BCUT2D eigenvalue weighted by Gasteiger charge is -2.17. The molecule has 0 aliphatic heterocycles. The van der Waals surface area contributed by atoms with Gasteiger partial charge in [-0.2, -0.15) is 5.10 Å². The van der Waals surface area contributed by atoms with E-state index < -0.39 is 18.0 Å². The predicted molar refractivity (Wildman–Crippen MR) is 109 cm³/mol. The molecule has 0 fully saturated rings. The van der Waals surface area contributed by atoms with Crippen LogP contribution in [0.25, 0.3) is 0 Å². The van der Waals surface area contributed by atoms with Gasteiger partial charge in [0, 0.05) is 17.9 Å². The van der Waals surface area contributed by atoms with E-state index in [1.54, 1.807) is 23.9 Å². The number of hydrogen-bond donors (Lipinski definition) is 2. The van der Waals surface area contributed by atoms with Gasteiger partial charge in [-0.25, -0.2) is 9.48 Å². The van der Waals surface area contributed by atoms with E-state index in [0.717, 1.165) is 16.9 Å². The van der Waals surface area contributed by atoms with Gasteiger partial charge in [-0.3, -0.25) is 9.59 Å². The first-order valence-corrected chi connectivity index (χ1v) is 9.90. The molecule has 2 heterocycles. The van der Waals surface area contributed by atoms with E-state index in [9.17, 15) is 14.4 Å². The molecule has 0 aliphatic carbocycles. The number of nitrogens with one attached hydrogen (secondary N) is 2. The second kappa shape index (κ2) is 9.01. The summed E-state index contributed by atoms with van der Waals surface area (Å²) in [7, 11) is 0. The van der Waals surface area contributed by atoms with Gasteiger partial charge < -0.3 is 15.4 Å². The van der Waals surface area contributed by atoms with Gasteiger partial charge in [0.15, 0.2) is 6.10 Å². The Labute approximate surface area is 168 Å². The zero-order chi connectivity index (χ0) is 21.0. The Bertz CT molecular complexity index is 887. The Hall–Kier alpha value is -2.68. The molecule has 152 valence electrons. The van der Waals surface area contributed by atoms with Gasteiger partial charge in [-0.05, 0) is 39.7 Å². The quantitative estimate of drug-likeness (QED) is 0.683. The van der Waals surface area contributed by atoms with Crippen molar-refractivity contribution in [1.29, 1.82) is 0 Å². The summed E-state index contributed by atoms with van der Waals surface area (Å²) in [6.45, 7) is 10.5. The summed E-state index contributed by atoms with van der Waals surface area (Å²) in [5, 5.41) is 10.0. The number of rotatable bonds is 7. The van der Waals surface area contributed by atoms with Crippen molar-refractivity contribution in [3.63, 3.8) is 0 Å². The lowest BCUT2D eigenvalue weighted by Crippen LogP contribution is -2.31. The van der Waals surface area contributed by atoms with Crippen molar-refractivity contribution >= 4 is 39.9 Å². The highest BCUT2D eigenvalue weighted by Gasteiger charge is 2.26. The van der Waals surface area contributed by atoms with Gasteiger partial charge in [0.2, 0.25) is 5.91 Å². The number of ether oxygens (including phenoxy) is 1. The molecular formula is C19H26N4O4S. The maximum atomic E-state index is 12.7. The maximum Gasteiger partial charge on any atom is 0.342 e. The smallest absolute Gasteiger partial charge is 0.342 e. The molecule has 0 aromatic carbocycles. The van der Waals surface area contributed by atoms with E-state index >= 15 is 0 Å². The number of thiophene rings is 1. The summed E-state index contributed by atoms with van der Waals surface area (Å²) in [6, 6.07) is 1.82. The number of anilines is 2. The minimum Gasteiger partial charge on any atom is -0.449 e. The van der Waals surface area contributed by atoms with Crippen LogP contribution in [-0.4, -0.2) is 33.7 Å². The number of amides is 2. The molecule has 28 heavy (non-hydrogen) atoms. The topological polar surface area (TPSA) is 102 Å². The highest BCUT2D eigenvalue weighted by atomic mass is 32.1. The molecule has 0 saturated carbocycles. The van der Waals surface area contributed by atoms with E-state index in [-0.39, 0.29) is 17.5 Å². The molecule has 2 aromatic rings. The van der Waals surface area contributed by atoms with Crippen LogP contribution in [0.15, 0.2) is 12.3 Å². The van der Waals surface area contributed by atoms with E-state index in [0.29, 0.717) is 10.8 Å². The van der Waals surface area contributed by atoms with E-state index in [4.69, 9.17) is 4.74 Å². The fourth-order valence-electron chi connectivity index (χ4n) is 2.56. The zero-order valence-electron chi connectivity index (χ0n) is 17.0. The second-order valence-corrected chi connectivity index (χ2v) is 7.85. The molecule has 0 spiro atoms. The summed E-state index contributed by atoms with van der Waals surface area (Å²) in [6.07, 6.45) is 1.45. The summed E-state index contributed by atoms with van der Waals surface area (Å²) in [4.78, 5) is 37.4. The van der Waals surface area contributed by atoms with Crippen LogP contribution in [0, 0.1) is 13.8 Å². The molecule has 2 N–H and O–H groups in total. The van der Waals surface area contributed by atoms with Crippen LogP contribution in [0.5, 0.6) is 0 Å². The van der Waals surface area contributed by atoms with Crippen LogP contribution in [0.4, 0.5) is 10.8 Å².